The highest BCUT2D eigenvalue weighted by molar-refractivity contribution is 7.81. The van der Waals surface area contributed by atoms with Gasteiger partial charge in [-0.2, -0.15) is 8.42 Å². The minimum atomic E-state index is -5.15. The molecule has 0 saturated carbocycles. The van der Waals surface area contributed by atoms with Crippen LogP contribution in [0.4, 0.5) is 3.89 Å². The summed E-state index contributed by atoms with van der Waals surface area (Å²) in [6, 6.07) is 1.09. The Bertz CT molecular complexity index is 776. The number of pyridine rings is 1. The van der Waals surface area contributed by atoms with E-state index in [1.807, 2.05) is 12.3 Å². The molecule has 2 aromatic rings. The average molecular weight is 345 g/mol. The molecule has 0 saturated heterocycles. The van der Waals surface area contributed by atoms with E-state index in [1.165, 1.54) is 17.5 Å². The molecule has 10 heteroatoms. The summed E-state index contributed by atoms with van der Waals surface area (Å²) in [6.07, 6.45) is 2.79. The Morgan fingerprint density at radius 1 is 1.45 bits per heavy atom. The maximum Gasteiger partial charge on any atom is 0.488 e. The van der Waals surface area contributed by atoms with Crippen molar-refractivity contribution >= 4 is 27.7 Å². The number of nitrogens with one attached hydrogen (secondary N) is 1. The molecule has 0 bridgehead atoms. The molecular formula is C12H12FN3O4S2. The lowest BCUT2D eigenvalue weighted by atomic mass is 10.2. The number of rotatable bonds is 6. The molecule has 2 rings (SSSR count). The molecule has 2 heterocycles. The third-order valence-corrected chi connectivity index (χ3v) is 3.88. The zero-order valence-electron chi connectivity index (χ0n) is 11.4. The standard InChI is InChI=1S/C12H12FN3O4S2/c1-8-7-21-11(16-8)2-3-15-12(17)9-4-10(6-14-5-9)20-22(13,18)19/h4-7H,2-3H2,1H3,(H,15,17). The van der Waals surface area contributed by atoms with Crippen molar-refractivity contribution in [1.82, 2.24) is 15.3 Å². The molecule has 0 aromatic carbocycles. The van der Waals surface area contributed by atoms with Gasteiger partial charge in [-0.05, 0) is 13.0 Å². The molecule has 1 amide bonds. The van der Waals surface area contributed by atoms with Gasteiger partial charge in [0.2, 0.25) is 0 Å². The van der Waals surface area contributed by atoms with Crippen LogP contribution in [0, 0.1) is 6.92 Å². The van der Waals surface area contributed by atoms with E-state index in [0.717, 1.165) is 23.0 Å². The first-order chi connectivity index (χ1) is 10.3. The van der Waals surface area contributed by atoms with Gasteiger partial charge in [-0.3, -0.25) is 9.78 Å². The smallest absolute Gasteiger partial charge is 0.357 e. The number of amides is 1. The monoisotopic (exact) mass is 345 g/mol. The van der Waals surface area contributed by atoms with E-state index in [0.29, 0.717) is 13.0 Å². The third kappa shape index (κ3) is 5.04. The summed E-state index contributed by atoms with van der Waals surface area (Å²) in [5, 5.41) is 5.45. The second kappa shape index (κ2) is 6.79. The van der Waals surface area contributed by atoms with Crippen LogP contribution in [0.15, 0.2) is 23.8 Å². The Morgan fingerprint density at radius 2 is 2.23 bits per heavy atom. The van der Waals surface area contributed by atoms with E-state index in [1.54, 1.807) is 0 Å². The number of carbonyl (C=O) groups excluding carboxylic acids is 1. The van der Waals surface area contributed by atoms with E-state index in [4.69, 9.17) is 0 Å². The molecule has 7 nitrogen and oxygen atoms in total. The molecule has 118 valence electrons. The first-order valence-corrected chi connectivity index (χ1v) is 8.30. The van der Waals surface area contributed by atoms with Crippen molar-refractivity contribution in [1.29, 1.82) is 0 Å². The molecule has 0 unspecified atom stereocenters. The lowest BCUT2D eigenvalue weighted by Crippen LogP contribution is -2.25. The fourth-order valence-corrected chi connectivity index (χ4v) is 2.70. The van der Waals surface area contributed by atoms with Crippen molar-refractivity contribution in [3.8, 4) is 5.75 Å². The number of hydrogen-bond donors (Lipinski definition) is 1. The number of aromatic nitrogens is 2. The fraction of sp³-hybridized carbons (Fsp3) is 0.250. The van der Waals surface area contributed by atoms with Crippen LogP contribution in [0.1, 0.15) is 21.1 Å². The van der Waals surface area contributed by atoms with E-state index in [-0.39, 0.29) is 11.3 Å². The van der Waals surface area contributed by atoms with Gasteiger partial charge in [-0.25, -0.2) is 4.98 Å². The van der Waals surface area contributed by atoms with Crippen molar-refractivity contribution in [3.05, 3.63) is 40.1 Å². The molecule has 2 aromatic heterocycles. The van der Waals surface area contributed by atoms with Gasteiger partial charge in [-0.1, -0.05) is 3.89 Å². The Morgan fingerprint density at radius 3 is 2.86 bits per heavy atom. The van der Waals surface area contributed by atoms with Gasteiger partial charge in [0.25, 0.3) is 5.91 Å². The van der Waals surface area contributed by atoms with E-state index in [2.05, 4.69) is 19.5 Å². The van der Waals surface area contributed by atoms with Crippen molar-refractivity contribution in [2.24, 2.45) is 0 Å². The Kier molecular flexibility index (Phi) is 5.03. The zero-order valence-corrected chi connectivity index (χ0v) is 13.1. The van der Waals surface area contributed by atoms with Gasteiger partial charge in [0, 0.05) is 30.2 Å². The van der Waals surface area contributed by atoms with Crippen LogP contribution in [-0.2, 0) is 16.9 Å². The molecule has 0 aliphatic carbocycles. The molecular weight excluding hydrogens is 333 g/mol. The molecule has 0 radical (unpaired) electrons. The highest BCUT2D eigenvalue weighted by Gasteiger charge is 2.13. The highest BCUT2D eigenvalue weighted by atomic mass is 32.3. The summed E-state index contributed by atoms with van der Waals surface area (Å²) in [5.41, 5.74) is 0.990. The Hall–Kier alpha value is -2.07. The van der Waals surface area contributed by atoms with Crippen LogP contribution in [-0.4, -0.2) is 30.8 Å². The number of nitrogens with zero attached hydrogens (tertiary/aromatic N) is 2. The van der Waals surface area contributed by atoms with E-state index in [9.17, 15) is 17.1 Å². The average Bonchev–Trinajstić information content (AvgIpc) is 2.83. The number of aryl methyl sites for hydroxylation is 1. The minimum Gasteiger partial charge on any atom is -0.357 e. The molecule has 0 aliphatic heterocycles. The second-order valence-corrected chi connectivity index (χ2v) is 6.17. The normalized spacial score (nSPS) is 11.2. The topological polar surface area (TPSA) is 98.2 Å². The summed E-state index contributed by atoms with van der Waals surface area (Å²) in [7, 11) is -5.15. The number of halogens is 1. The second-order valence-electron chi connectivity index (χ2n) is 4.27. The van der Waals surface area contributed by atoms with Crippen LogP contribution < -0.4 is 9.50 Å². The zero-order chi connectivity index (χ0) is 16.2. The van der Waals surface area contributed by atoms with Crippen LogP contribution in [0.2, 0.25) is 0 Å². The summed E-state index contributed by atoms with van der Waals surface area (Å²) < 4.78 is 37.2. The van der Waals surface area contributed by atoms with Crippen molar-refractivity contribution in [2.75, 3.05) is 6.54 Å². The summed E-state index contributed by atoms with van der Waals surface area (Å²) in [6.45, 7) is 2.24. The SMILES string of the molecule is Cc1csc(CCNC(=O)c2cncc(OS(=O)(=O)F)c2)n1. The minimum absolute atomic E-state index is 0.0662. The first-order valence-electron chi connectivity index (χ1n) is 6.12. The lowest BCUT2D eigenvalue weighted by Gasteiger charge is -2.05. The maximum atomic E-state index is 12.4. The Balaban J connectivity index is 1.93. The van der Waals surface area contributed by atoms with Crippen molar-refractivity contribution < 1.29 is 21.3 Å². The Labute approximate surface area is 130 Å². The largest absolute Gasteiger partial charge is 0.488 e. The summed E-state index contributed by atoms with van der Waals surface area (Å²) in [5.74, 6) is -0.840. The van der Waals surface area contributed by atoms with Crippen LogP contribution >= 0.6 is 11.3 Å². The molecule has 0 atom stereocenters. The van der Waals surface area contributed by atoms with E-state index >= 15 is 0 Å². The predicted molar refractivity (Wildman–Crippen MR) is 77.8 cm³/mol. The molecule has 1 N–H and O–H groups in total. The van der Waals surface area contributed by atoms with Gasteiger partial charge in [0.05, 0.1) is 16.8 Å². The quantitative estimate of drug-likeness (QED) is 0.795. The van der Waals surface area contributed by atoms with E-state index < -0.39 is 16.4 Å². The number of thiazole rings is 1. The van der Waals surface area contributed by atoms with Crippen LogP contribution in [0.3, 0.4) is 0 Å². The van der Waals surface area contributed by atoms with Crippen molar-refractivity contribution in [3.63, 3.8) is 0 Å². The molecule has 0 aliphatic rings. The third-order valence-electron chi connectivity index (χ3n) is 2.46. The van der Waals surface area contributed by atoms with Crippen LogP contribution in [0.5, 0.6) is 5.75 Å². The lowest BCUT2D eigenvalue weighted by molar-refractivity contribution is 0.0953. The fourth-order valence-electron chi connectivity index (χ4n) is 1.61. The van der Waals surface area contributed by atoms with Crippen LogP contribution in [0.25, 0.3) is 0 Å². The number of hydrogen-bond acceptors (Lipinski definition) is 7. The summed E-state index contributed by atoms with van der Waals surface area (Å²) >= 11 is 1.50. The predicted octanol–water partition coefficient (Wildman–Crippen LogP) is 1.41. The van der Waals surface area contributed by atoms with Crippen molar-refractivity contribution in [2.45, 2.75) is 13.3 Å². The summed E-state index contributed by atoms with van der Waals surface area (Å²) in [4.78, 5) is 19.8. The van der Waals surface area contributed by atoms with Gasteiger partial charge >= 0.3 is 10.5 Å². The maximum absolute atomic E-state index is 12.4. The van der Waals surface area contributed by atoms with Gasteiger partial charge < -0.3 is 9.50 Å². The first kappa shape index (κ1) is 16.3. The van der Waals surface area contributed by atoms with Gasteiger partial charge in [0.1, 0.15) is 0 Å². The molecule has 22 heavy (non-hydrogen) atoms. The van der Waals surface area contributed by atoms with Gasteiger partial charge in [-0.15, -0.1) is 11.3 Å². The molecule has 0 fully saturated rings. The molecule has 0 spiro atoms. The highest BCUT2D eigenvalue weighted by Crippen LogP contribution is 2.14. The van der Waals surface area contributed by atoms with Gasteiger partial charge in [0.15, 0.2) is 5.75 Å². The number of carbonyl (C=O) groups is 1.